The molecular formula is C15H29N3. The van der Waals surface area contributed by atoms with E-state index in [0.29, 0.717) is 12.1 Å². The van der Waals surface area contributed by atoms with Gasteiger partial charge < -0.3 is 5.32 Å². The van der Waals surface area contributed by atoms with Crippen LogP contribution in [0, 0.1) is 13.8 Å². The Bertz CT molecular complexity index is 366. The molecule has 0 bridgehead atoms. The molecule has 1 atom stereocenters. The number of nitrogens with zero attached hydrogens (tertiary/aromatic N) is 2. The molecule has 0 radical (unpaired) electrons. The van der Waals surface area contributed by atoms with E-state index in [1.54, 1.807) is 0 Å². The Morgan fingerprint density at radius 3 is 2.39 bits per heavy atom. The van der Waals surface area contributed by atoms with E-state index in [2.05, 4.69) is 51.5 Å². The van der Waals surface area contributed by atoms with E-state index in [4.69, 9.17) is 5.10 Å². The molecule has 0 aliphatic carbocycles. The Balaban J connectivity index is 2.54. The zero-order valence-electron chi connectivity index (χ0n) is 12.9. The van der Waals surface area contributed by atoms with E-state index in [1.807, 2.05) is 0 Å². The summed E-state index contributed by atoms with van der Waals surface area (Å²) >= 11 is 0. The van der Waals surface area contributed by atoms with Crippen LogP contribution in [0.4, 0.5) is 0 Å². The molecule has 1 rings (SSSR count). The van der Waals surface area contributed by atoms with Crippen LogP contribution in [-0.2, 0) is 6.42 Å². The highest BCUT2D eigenvalue weighted by molar-refractivity contribution is 5.24. The quantitative estimate of drug-likeness (QED) is 0.753. The molecule has 3 nitrogen and oxygen atoms in total. The summed E-state index contributed by atoms with van der Waals surface area (Å²) in [5, 5.41) is 8.16. The molecule has 1 aromatic rings. The average molecular weight is 251 g/mol. The van der Waals surface area contributed by atoms with Crippen molar-refractivity contribution in [1.82, 2.24) is 15.1 Å². The lowest BCUT2D eigenvalue weighted by atomic mass is 10.1. The first-order valence-corrected chi connectivity index (χ1v) is 7.25. The Morgan fingerprint density at radius 2 is 1.89 bits per heavy atom. The Kier molecular flexibility index (Phi) is 5.86. The van der Waals surface area contributed by atoms with Crippen molar-refractivity contribution in [3.05, 3.63) is 17.0 Å². The zero-order chi connectivity index (χ0) is 13.7. The van der Waals surface area contributed by atoms with Crippen molar-refractivity contribution < 1.29 is 0 Å². The molecule has 0 aliphatic rings. The van der Waals surface area contributed by atoms with Crippen LogP contribution in [0.1, 0.15) is 63.5 Å². The second kappa shape index (κ2) is 6.93. The second-order valence-corrected chi connectivity index (χ2v) is 5.55. The second-order valence-electron chi connectivity index (χ2n) is 5.55. The lowest BCUT2D eigenvalue weighted by Crippen LogP contribution is -2.24. The topological polar surface area (TPSA) is 29.9 Å². The van der Waals surface area contributed by atoms with Gasteiger partial charge in [-0.2, -0.15) is 5.10 Å². The van der Waals surface area contributed by atoms with Crippen LogP contribution in [0.15, 0.2) is 0 Å². The highest BCUT2D eigenvalue weighted by Gasteiger charge is 2.14. The number of aryl methyl sites for hydroxylation is 1. The largest absolute Gasteiger partial charge is 0.315 e. The van der Waals surface area contributed by atoms with Crippen LogP contribution in [0.3, 0.4) is 0 Å². The van der Waals surface area contributed by atoms with Gasteiger partial charge in [0, 0.05) is 17.8 Å². The van der Waals surface area contributed by atoms with Gasteiger partial charge in [0.2, 0.25) is 0 Å². The first kappa shape index (κ1) is 15.2. The van der Waals surface area contributed by atoms with Crippen molar-refractivity contribution in [2.75, 3.05) is 6.54 Å². The van der Waals surface area contributed by atoms with Gasteiger partial charge in [-0.3, -0.25) is 4.68 Å². The fourth-order valence-corrected chi connectivity index (χ4v) is 2.55. The van der Waals surface area contributed by atoms with Gasteiger partial charge in [0.25, 0.3) is 0 Å². The maximum Gasteiger partial charge on any atom is 0.0628 e. The highest BCUT2D eigenvalue weighted by Crippen LogP contribution is 2.20. The van der Waals surface area contributed by atoms with Gasteiger partial charge in [-0.25, -0.2) is 0 Å². The van der Waals surface area contributed by atoms with Gasteiger partial charge in [-0.15, -0.1) is 0 Å². The molecule has 1 N–H and O–H groups in total. The predicted molar refractivity (Wildman–Crippen MR) is 78.2 cm³/mol. The van der Waals surface area contributed by atoms with Crippen LogP contribution < -0.4 is 5.32 Å². The van der Waals surface area contributed by atoms with Gasteiger partial charge in [-0.05, 0) is 52.1 Å². The molecule has 0 spiro atoms. The minimum Gasteiger partial charge on any atom is -0.315 e. The van der Waals surface area contributed by atoms with Crippen LogP contribution in [-0.4, -0.2) is 22.4 Å². The first-order chi connectivity index (χ1) is 8.47. The summed E-state index contributed by atoms with van der Waals surface area (Å²) in [5.74, 6) is 0. The number of hydrogen-bond donors (Lipinski definition) is 1. The highest BCUT2D eigenvalue weighted by atomic mass is 15.3. The molecule has 18 heavy (non-hydrogen) atoms. The summed E-state index contributed by atoms with van der Waals surface area (Å²) in [7, 11) is 0. The number of aromatic nitrogens is 2. The summed E-state index contributed by atoms with van der Waals surface area (Å²) in [6, 6.07) is 1.08. The molecule has 104 valence electrons. The van der Waals surface area contributed by atoms with Crippen molar-refractivity contribution in [2.45, 2.75) is 72.9 Å². The third kappa shape index (κ3) is 3.84. The monoisotopic (exact) mass is 251 g/mol. The molecule has 0 saturated heterocycles. The summed E-state index contributed by atoms with van der Waals surface area (Å²) < 4.78 is 2.21. The minimum atomic E-state index is 0.498. The SMILES string of the molecule is CCc1c(C)nn(C(C)CCCNC(C)C)c1C. The molecule has 3 heteroatoms. The standard InChI is InChI=1S/C15H29N3/c1-7-15-13(5)17-18(14(15)6)12(4)9-8-10-16-11(2)3/h11-12,16H,7-10H2,1-6H3. The fourth-order valence-electron chi connectivity index (χ4n) is 2.55. The van der Waals surface area contributed by atoms with Crippen LogP contribution in [0.2, 0.25) is 0 Å². The van der Waals surface area contributed by atoms with E-state index in [-0.39, 0.29) is 0 Å². The average Bonchev–Trinajstić information content (AvgIpc) is 2.59. The Morgan fingerprint density at radius 1 is 1.22 bits per heavy atom. The number of nitrogens with one attached hydrogen (secondary N) is 1. The summed E-state index contributed by atoms with van der Waals surface area (Å²) in [6.07, 6.45) is 3.48. The van der Waals surface area contributed by atoms with Gasteiger partial charge in [0.05, 0.1) is 5.69 Å². The normalized spacial score (nSPS) is 13.3. The first-order valence-electron chi connectivity index (χ1n) is 7.25. The lowest BCUT2D eigenvalue weighted by molar-refractivity contribution is 0.423. The molecule has 0 amide bonds. The maximum atomic E-state index is 4.69. The molecule has 0 fully saturated rings. The molecule has 1 heterocycles. The molecule has 0 aliphatic heterocycles. The molecule has 1 unspecified atom stereocenters. The van der Waals surface area contributed by atoms with Crippen molar-refractivity contribution in [3.8, 4) is 0 Å². The number of rotatable bonds is 7. The van der Waals surface area contributed by atoms with Crippen LogP contribution in [0.5, 0.6) is 0 Å². The third-order valence-corrected chi connectivity index (χ3v) is 3.60. The molecular weight excluding hydrogens is 222 g/mol. The molecule has 0 aromatic carbocycles. The molecule has 0 saturated carbocycles. The minimum absolute atomic E-state index is 0.498. The van der Waals surface area contributed by atoms with Gasteiger partial charge >= 0.3 is 0 Å². The van der Waals surface area contributed by atoms with Crippen LogP contribution >= 0.6 is 0 Å². The number of hydrogen-bond acceptors (Lipinski definition) is 2. The van der Waals surface area contributed by atoms with Crippen molar-refractivity contribution in [3.63, 3.8) is 0 Å². The van der Waals surface area contributed by atoms with E-state index < -0.39 is 0 Å². The zero-order valence-corrected chi connectivity index (χ0v) is 12.9. The maximum absolute atomic E-state index is 4.69. The van der Waals surface area contributed by atoms with Crippen LogP contribution in [0.25, 0.3) is 0 Å². The summed E-state index contributed by atoms with van der Waals surface area (Å²) in [6.45, 7) is 14.3. The Hall–Kier alpha value is -0.830. The summed E-state index contributed by atoms with van der Waals surface area (Å²) in [5.41, 5.74) is 3.96. The predicted octanol–water partition coefficient (Wildman–Crippen LogP) is 3.40. The van der Waals surface area contributed by atoms with Crippen molar-refractivity contribution >= 4 is 0 Å². The Labute approximate surface area is 112 Å². The van der Waals surface area contributed by atoms with Crippen molar-refractivity contribution in [2.24, 2.45) is 0 Å². The van der Waals surface area contributed by atoms with Gasteiger partial charge in [0.1, 0.15) is 0 Å². The van der Waals surface area contributed by atoms with Gasteiger partial charge in [-0.1, -0.05) is 20.8 Å². The van der Waals surface area contributed by atoms with E-state index >= 15 is 0 Å². The smallest absolute Gasteiger partial charge is 0.0628 e. The molecule has 1 aromatic heterocycles. The van der Waals surface area contributed by atoms with Crippen molar-refractivity contribution in [1.29, 1.82) is 0 Å². The third-order valence-electron chi connectivity index (χ3n) is 3.60. The summed E-state index contributed by atoms with van der Waals surface area (Å²) in [4.78, 5) is 0. The fraction of sp³-hybridized carbons (Fsp3) is 0.800. The van der Waals surface area contributed by atoms with E-state index in [1.165, 1.54) is 29.8 Å². The van der Waals surface area contributed by atoms with E-state index in [0.717, 1.165) is 13.0 Å². The van der Waals surface area contributed by atoms with Gasteiger partial charge in [0.15, 0.2) is 0 Å². The van der Waals surface area contributed by atoms with E-state index in [9.17, 15) is 0 Å². The lowest BCUT2D eigenvalue weighted by Gasteiger charge is -2.15.